The lowest BCUT2D eigenvalue weighted by atomic mass is 9.97. The first-order valence-corrected chi connectivity index (χ1v) is 12.0. The van der Waals surface area contributed by atoms with E-state index in [1.165, 1.54) is 37.8 Å². The Balaban J connectivity index is 1.58. The largest absolute Gasteiger partial charge is 0.396 e. The highest BCUT2D eigenvalue weighted by molar-refractivity contribution is 5.75. The van der Waals surface area contributed by atoms with Crippen LogP contribution in [-0.2, 0) is 11.3 Å². The third kappa shape index (κ3) is 9.48. The zero-order chi connectivity index (χ0) is 21.6. The summed E-state index contributed by atoms with van der Waals surface area (Å²) < 4.78 is 0. The predicted molar refractivity (Wildman–Crippen MR) is 124 cm³/mol. The van der Waals surface area contributed by atoms with Gasteiger partial charge in [0, 0.05) is 38.3 Å². The lowest BCUT2D eigenvalue weighted by Crippen LogP contribution is -2.34. The zero-order valence-corrected chi connectivity index (χ0v) is 18.8. The molecule has 3 N–H and O–H groups in total. The summed E-state index contributed by atoms with van der Waals surface area (Å²) in [6.45, 7) is 5.01. The van der Waals surface area contributed by atoms with E-state index < -0.39 is 0 Å². The minimum absolute atomic E-state index is 0.00662. The molecule has 0 unspecified atom stereocenters. The van der Waals surface area contributed by atoms with Gasteiger partial charge in [-0.2, -0.15) is 0 Å². The van der Waals surface area contributed by atoms with Gasteiger partial charge in [0.1, 0.15) is 0 Å². The van der Waals surface area contributed by atoms with E-state index >= 15 is 0 Å². The molecule has 1 amide bonds. The Hall–Kier alpha value is -1.59. The van der Waals surface area contributed by atoms with Crippen molar-refractivity contribution < 1.29 is 15.0 Å². The smallest absolute Gasteiger partial charge is 0.220 e. The molecular weight excluding hydrogens is 376 g/mol. The van der Waals surface area contributed by atoms with Crippen molar-refractivity contribution in [1.82, 2.24) is 5.32 Å². The van der Waals surface area contributed by atoms with Gasteiger partial charge in [0.2, 0.25) is 5.91 Å². The summed E-state index contributed by atoms with van der Waals surface area (Å²) in [6, 6.07) is 8.37. The van der Waals surface area contributed by atoms with E-state index in [1.807, 2.05) is 0 Å². The number of aliphatic hydroxyl groups excluding tert-OH is 2. The zero-order valence-electron chi connectivity index (χ0n) is 18.8. The van der Waals surface area contributed by atoms with Gasteiger partial charge in [-0.05, 0) is 49.3 Å². The molecule has 1 fully saturated rings. The second kappa shape index (κ2) is 14.4. The second-order valence-electron chi connectivity index (χ2n) is 8.81. The summed E-state index contributed by atoms with van der Waals surface area (Å²) in [7, 11) is 0. The second-order valence-corrected chi connectivity index (χ2v) is 8.81. The highest BCUT2D eigenvalue weighted by Gasteiger charge is 2.18. The van der Waals surface area contributed by atoms with Crippen molar-refractivity contribution in [3.63, 3.8) is 0 Å². The van der Waals surface area contributed by atoms with Crippen LogP contribution in [0.5, 0.6) is 0 Å². The van der Waals surface area contributed by atoms with Crippen LogP contribution >= 0.6 is 0 Å². The Bertz CT molecular complexity index is 583. The first kappa shape index (κ1) is 24.7. The molecule has 1 aliphatic heterocycles. The molecule has 1 saturated heterocycles. The number of hydrogen-bond donors (Lipinski definition) is 3. The Labute approximate surface area is 182 Å². The fourth-order valence-corrected chi connectivity index (χ4v) is 4.09. The van der Waals surface area contributed by atoms with Crippen LogP contribution < -0.4 is 10.2 Å². The predicted octanol–water partition coefficient (Wildman–Crippen LogP) is 4.40. The number of nitrogens with zero attached hydrogens (tertiary/aromatic N) is 1. The Kier molecular flexibility index (Phi) is 11.9. The molecule has 0 bridgehead atoms. The van der Waals surface area contributed by atoms with Gasteiger partial charge in [-0.1, -0.05) is 57.6 Å². The first-order chi connectivity index (χ1) is 14.6. The molecule has 5 nitrogen and oxygen atoms in total. The molecule has 30 heavy (non-hydrogen) atoms. The fourth-order valence-electron chi connectivity index (χ4n) is 4.09. The van der Waals surface area contributed by atoms with Crippen molar-refractivity contribution in [3.05, 3.63) is 29.8 Å². The van der Waals surface area contributed by atoms with E-state index in [2.05, 4.69) is 41.4 Å². The molecule has 0 aromatic heterocycles. The molecule has 1 atom stereocenters. The fraction of sp³-hybridized carbons (Fsp3) is 0.720. The van der Waals surface area contributed by atoms with Crippen molar-refractivity contribution in [3.8, 4) is 0 Å². The summed E-state index contributed by atoms with van der Waals surface area (Å²) in [5.41, 5.74) is 2.30. The Morgan fingerprint density at radius 2 is 1.73 bits per heavy atom. The SMILES string of the molecule is CCCCCCCC[C@H](O)CCC(=O)NCc1ccc(N2CCC(CO)CC2)cc1. The summed E-state index contributed by atoms with van der Waals surface area (Å²) >= 11 is 0. The molecular formula is C25H42N2O3. The topological polar surface area (TPSA) is 72.8 Å². The Morgan fingerprint density at radius 1 is 1.07 bits per heavy atom. The van der Waals surface area contributed by atoms with E-state index in [4.69, 9.17) is 0 Å². The molecule has 170 valence electrons. The maximum absolute atomic E-state index is 12.1. The molecule has 1 heterocycles. The van der Waals surface area contributed by atoms with Gasteiger partial charge in [-0.3, -0.25) is 4.79 Å². The van der Waals surface area contributed by atoms with E-state index in [0.717, 1.165) is 44.3 Å². The van der Waals surface area contributed by atoms with E-state index in [1.54, 1.807) is 0 Å². The highest BCUT2D eigenvalue weighted by Crippen LogP contribution is 2.23. The normalized spacial score (nSPS) is 15.9. The minimum atomic E-state index is -0.365. The van der Waals surface area contributed by atoms with Crippen molar-refractivity contribution >= 4 is 11.6 Å². The van der Waals surface area contributed by atoms with Crippen molar-refractivity contribution in [2.75, 3.05) is 24.6 Å². The quantitative estimate of drug-likeness (QED) is 0.392. The maximum Gasteiger partial charge on any atom is 0.220 e. The van der Waals surface area contributed by atoms with Gasteiger partial charge in [0.15, 0.2) is 0 Å². The summed E-state index contributed by atoms with van der Waals surface area (Å²) in [5, 5.41) is 22.3. The first-order valence-electron chi connectivity index (χ1n) is 12.0. The van der Waals surface area contributed by atoms with Crippen LogP contribution in [0.2, 0.25) is 0 Å². The monoisotopic (exact) mass is 418 g/mol. The van der Waals surface area contributed by atoms with Crippen molar-refractivity contribution in [2.45, 2.75) is 90.2 Å². The molecule has 1 aliphatic rings. The van der Waals surface area contributed by atoms with Gasteiger partial charge >= 0.3 is 0 Å². The number of anilines is 1. The third-order valence-corrected chi connectivity index (χ3v) is 6.26. The van der Waals surface area contributed by atoms with Crippen LogP contribution in [0.4, 0.5) is 5.69 Å². The summed E-state index contributed by atoms with van der Waals surface area (Å²) in [4.78, 5) is 14.5. The summed E-state index contributed by atoms with van der Waals surface area (Å²) in [6.07, 6.45) is 10.8. The van der Waals surface area contributed by atoms with E-state index in [0.29, 0.717) is 31.9 Å². The molecule has 2 rings (SSSR count). The van der Waals surface area contributed by atoms with E-state index in [9.17, 15) is 15.0 Å². The van der Waals surface area contributed by atoms with Crippen LogP contribution in [0.15, 0.2) is 24.3 Å². The van der Waals surface area contributed by atoms with Gasteiger partial charge in [-0.15, -0.1) is 0 Å². The Morgan fingerprint density at radius 3 is 2.40 bits per heavy atom. The van der Waals surface area contributed by atoms with E-state index in [-0.39, 0.29) is 12.0 Å². The van der Waals surface area contributed by atoms with Gasteiger partial charge < -0.3 is 20.4 Å². The number of rotatable bonds is 14. The lowest BCUT2D eigenvalue weighted by molar-refractivity contribution is -0.121. The molecule has 0 aliphatic carbocycles. The average Bonchev–Trinajstić information content (AvgIpc) is 2.79. The number of unbranched alkanes of at least 4 members (excludes halogenated alkanes) is 5. The number of nitrogens with one attached hydrogen (secondary N) is 1. The standard InChI is InChI=1S/C25H42N2O3/c1-2-3-4-5-6-7-8-24(29)13-14-25(30)26-19-21-9-11-23(12-10-21)27-17-15-22(20-28)16-18-27/h9-12,22,24,28-29H,2-8,13-20H2,1H3,(H,26,30)/t24-/m0/s1. The van der Waals surface area contributed by atoms with Gasteiger partial charge in [0.25, 0.3) is 0 Å². The van der Waals surface area contributed by atoms with Crippen LogP contribution in [0.25, 0.3) is 0 Å². The number of hydrogen-bond acceptors (Lipinski definition) is 4. The minimum Gasteiger partial charge on any atom is -0.396 e. The molecule has 0 spiro atoms. The van der Waals surface area contributed by atoms with Gasteiger partial charge in [0.05, 0.1) is 6.10 Å². The van der Waals surface area contributed by atoms with Crippen LogP contribution in [0.1, 0.15) is 83.1 Å². The molecule has 0 radical (unpaired) electrons. The number of carbonyl (C=O) groups is 1. The maximum atomic E-state index is 12.1. The van der Waals surface area contributed by atoms with Crippen molar-refractivity contribution in [1.29, 1.82) is 0 Å². The molecule has 5 heteroatoms. The summed E-state index contributed by atoms with van der Waals surface area (Å²) in [5.74, 6) is 0.451. The number of amides is 1. The third-order valence-electron chi connectivity index (χ3n) is 6.26. The molecule has 1 aromatic carbocycles. The number of carbonyl (C=O) groups excluding carboxylic acids is 1. The highest BCUT2D eigenvalue weighted by atomic mass is 16.3. The molecule has 1 aromatic rings. The molecule has 0 saturated carbocycles. The lowest BCUT2D eigenvalue weighted by Gasteiger charge is -2.33. The van der Waals surface area contributed by atoms with Crippen LogP contribution in [0, 0.1) is 5.92 Å². The number of aliphatic hydroxyl groups is 2. The average molecular weight is 419 g/mol. The van der Waals surface area contributed by atoms with Crippen LogP contribution in [0.3, 0.4) is 0 Å². The van der Waals surface area contributed by atoms with Crippen LogP contribution in [-0.4, -0.2) is 41.9 Å². The van der Waals surface area contributed by atoms with Crippen molar-refractivity contribution in [2.24, 2.45) is 5.92 Å². The number of benzene rings is 1. The number of piperidine rings is 1. The van der Waals surface area contributed by atoms with Gasteiger partial charge in [-0.25, -0.2) is 0 Å².